The van der Waals surface area contributed by atoms with E-state index in [1.807, 2.05) is 24.3 Å². The van der Waals surface area contributed by atoms with Crippen LogP contribution in [0, 0.1) is 0 Å². The molecular weight excluding hydrogens is 717 g/mol. The molecule has 294 valence electrons. The molecule has 2 N–H and O–H groups in total. The van der Waals surface area contributed by atoms with Gasteiger partial charge in [-0.15, -0.1) is 0 Å². The van der Waals surface area contributed by atoms with E-state index < -0.39 is 11.9 Å². The molecule has 2 fully saturated rings. The number of rotatable bonds is 8. The van der Waals surface area contributed by atoms with Crippen LogP contribution in [0.5, 0.6) is 0 Å². The zero-order chi connectivity index (χ0) is 40.0. The van der Waals surface area contributed by atoms with E-state index in [1.165, 1.54) is 57.7 Å². The van der Waals surface area contributed by atoms with Gasteiger partial charge in [-0.05, 0) is 145 Å². The molecule has 6 heteroatoms. The first-order valence-electron chi connectivity index (χ1n) is 21.2. The van der Waals surface area contributed by atoms with Crippen molar-refractivity contribution in [3.63, 3.8) is 0 Å². The van der Waals surface area contributed by atoms with Gasteiger partial charge in [0.25, 0.3) is 0 Å². The Hall–Kier alpha value is -5.88. The van der Waals surface area contributed by atoms with E-state index in [4.69, 9.17) is 0 Å². The molecule has 0 amide bonds. The molecule has 4 aromatic carbocycles. The molecule has 2 saturated carbocycles. The molecule has 6 nitrogen and oxygen atoms in total. The number of likely N-dealkylation sites (N-methyl/N-ethyl adjacent to an activating group) is 1. The summed E-state index contributed by atoms with van der Waals surface area (Å²) in [4.78, 5) is 29.1. The fourth-order valence-electron chi connectivity index (χ4n) is 11.2. The van der Waals surface area contributed by atoms with Gasteiger partial charge < -0.3 is 20.0 Å². The minimum atomic E-state index is -0.883. The van der Waals surface area contributed by atoms with Gasteiger partial charge in [0.15, 0.2) is 0 Å². The second kappa shape index (κ2) is 15.1. The van der Waals surface area contributed by atoms with E-state index in [0.29, 0.717) is 11.1 Å². The van der Waals surface area contributed by atoms with Crippen LogP contribution in [0.1, 0.15) is 121 Å². The lowest BCUT2D eigenvalue weighted by molar-refractivity contribution is 0.0686. The number of carboxylic acid groups (broad SMARTS) is 2. The Bertz CT molecular complexity index is 2400. The van der Waals surface area contributed by atoms with Crippen LogP contribution in [0.3, 0.4) is 0 Å². The number of fused-ring (bicyclic) bond motifs is 4. The van der Waals surface area contributed by atoms with E-state index in [9.17, 15) is 19.8 Å². The van der Waals surface area contributed by atoms with E-state index in [2.05, 4.69) is 109 Å². The van der Waals surface area contributed by atoms with Crippen molar-refractivity contribution < 1.29 is 19.8 Å². The second-order valence-corrected chi connectivity index (χ2v) is 16.9. The molecule has 1 aliphatic heterocycles. The number of hydrogen-bond donors (Lipinski definition) is 2. The Balaban J connectivity index is 1.20. The Morgan fingerprint density at radius 1 is 0.655 bits per heavy atom. The second-order valence-electron chi connectivity index (χ2n) is 16.9. The summed E-state index contributed by atoms with van der Waals surface area (Å²) in [6, 6.07) is 32.7. The Morgan fingerprint density at radius 2 is 1.22 bits per heavy atom. The van der Waals surface area contributed by atoms with E-state index >= 15 is 0 Å². The number of benzene rings is 4. The van der Waals surface area contributed by atoms with Gasteiger partial charge in [-0.3, -0.25) is 0 Å². The van der Waals surface area contributed by atoms with Crippen LogP contribution >= 0.6 is 0 Å². The lowest BCUT2D eigenvalue weighted by Crippen LogP contribution is -2.32. The molecule has 1 heterocycles. The first-order chi connectivity index (χ1) is 28.2. The predicted molar refractivity (Wildman–Crippen MR) is 234 cm³/mol. The number of carbonyl (C=O) groups is 2. The third kappa shape index (κ3) is 6.25. The van der Waals surface area contributed by atoms with Crippen molar-refractivity contribution in [3.8, 4) is 0 Å². The van der Waals surface area contributed by atoms with Crippen molar-refractivity contribution in [2.45, 2.75) is 94.8 Å². The Labute approximate surface area is 342 Å². The van der Waals surface area contributed by atoms with Crippen molar-refractivity contribution in [2.75, 3.05) is 16.8 Å². The summed E-state index contributed by atoms with van der Waals surface area (Å²) in [5, 5.41) is 20.0. The topological polar surface area (TPSA) is 81.1 Å². The fraction of sp³-hybridized carbons (Fsp3) is 0.308. The van der Waals surface area contributed by atoms with Crippen molar-refractivity contribution in [1.29, 1.82) is 0 Å². The minimum absolute atomic E-state index is 0.183. The van der Waals surface area contributed by atoms with Gasteiger partial charge in [-0.25, -0.2) is 9.59 Å². The summed E-state index contributed by atoms with van der Waals surface area (Å²) in [5.41, 5.74) is 14.7. The molecule has 0 unspecified atom stereocenters. The zero-order valence-electron chi connectivity index (χ0n) is 33.6. The van der Waals surface area contributed by atoms with Gasteiger partial charge in [-0.2, -0.15) is 0 Å². The van der Waals surface area contributed by atoms with Crippen LogP contribution in [0.2, 0.25) is 0 Å². The summed E-state index contributed by atoms with van der Waals surface area (Å²) < 4.78 is 0. The van der Waals surface area contributed by atoms with Crippen molar-refractivity contribution >= 4 is 34.6 Å². The highest BCUT2D eigenvalue weighted by atomic mass is 16.4. The number of hydrogen-bond acceptors (Lipinski definition) is 4. The third-order valence-electron chi connectivity index (χ3n) is 13.9. The SMILES string of the molecule is CC1=C(/C=C/C2=C(N(c3ccccc3)c3ccccc3)C(=C/C=C3\N(C)c4ccc(C(=O)O)cc4C34CCCCC4)CC2)C2(CCCCC2)c2cc(C(=O)O)ccc21. The summed E-state index contributed by atoms with van der Waals surface area (Å²) in [5.74, 6) is -1.76. The summed E-state index contributed by atoms with van der Waals surface area (Å²) in [6.45, 7) is 2.22. The van der Waals surface area contributed by atoms with Crippen molar-refractivity contribution in [1.82, 2.24) is 0 Å². The molecule has 4 aromatic rings. The van der Waals surface area contributed by atoms with Gasteiger partial charge in [0.2, 0.25) is 0 Å². The quantitative estimate of drug-likeness (QED) is 0.186. The molecule has 0 bridgehead atoms. The Morgan fingerprint density at radius 3 is 1.83 bits per heavy atom. The molecule has 4 aliphatic carbocycles. The molecule has 0 radical (unpaired) electrons. The minimum Gasteiger partial charge on any atom is -0.478 e. The maximum absolute atomic E-state index is 12.2. The van der Waals surface area contributed by atoms with Crippen LogP contribution in [0.4, 0.5) is 17.1 Å². The van der Waals surface area contributed by atoms with Gasteiger partial charge in [0.1, 0.15) is 0 Å². The molecule has 0 saturated heterocycles. The van der Waals surface area contributed by atoms with Crippen LogP contribution in [0.25, 0.3) is 5.57 Å². The van der Waals surface area contributed by atoms with Crippen molar-refractivity contribution in [3.05, 3.63) is 177 Å². The smallest absolute Gasteiger partial charge is 0.335 e. The fourth-order valence-corrected chi connectivity index (χ4v) is 11.2. The summed E-state index contributed by atoms with van der Waals surface area (Å²) >= 11 is 0. The van der Waals surface area contributed by atoms with Crippen LogP contribution in [-0.4, -0.2) is 29.2 Å². The van der Waals surface area contributed by atoms with Crippen LogP contribution in [-0.2, 0) is 10.8 Å². The molecular formula is C52H52N2O4. The average molecular weight is 769 g/mol. The molecule has 5 aliphatic rings. The molecule has 0 aromatic heterocycles. The lowest BCUT2D eigenvalue weighted by Gasteiger charge is -2.37. The van der Waals surface area contributed by atoms with E-state index in [1.54, 1.807) is 12.1 Å². The van der Waals surface area contributed by atoms with Gasteiger partial charge >= 0.3 is 11.9 Å². The number of allylic oxidation sites excluding steroid dienone is 9. The molecule has 0 atom stereocenters. The average Bonchev–Trinajstić information content (AvgIpc) is 3.82. The number of nitrogens with zero attached hydrogens (tertiary/aromatic N) is 2. The highest BCUT2D eigenvalue weighted by Gasteiger charge is 2.47. The maximum atomic E-state index is 12.2. The molecule has 9 rings (SSSR count). The Kier molecular flexibility index (Phi) is 9.83. The number of para-hydroxylation sites is 2. The first-order valence-corrected chi connectivity index (χ1v) is 21.2. The van der Waals surface area contributed by atoms with E-state index in [-0.39, 0.29) is 10.8 Å². The highest BCUT2D eigenvalue weighted by Crippen LogP contribution is 2.57. The summed E-state index contributed by atoms with van der Waals surface area (Å²) in [6.07, 6.45) is 22.2. The number of carboxylic acids is 2. The maximum Gasteiger partial charge on any atom is 0.335 e. The standard InChI is InChI=1S/C52H52N2O4/c1-35-42-25-21-38(49(55)56)33-44(42)51(29-11-5-12-30-51)43(35)26-22-36-19-20-37(48(36)54(40-15-7-3-8-16-40)41-17-9-4-10-18-41)24-28-47-52(31-13-6-14-32-52)45-34-39(50(57)58)23-27-46(45)53(47)2/h3-4,7-10,15-18,21-28,33-34H,5-6,11-14,19-20,29-32H2,1-2H3,(H,55,56)(H,57,58)/b26-22+,37-24?,47-28-. The van der Waals surface area contributed by atoms with Crippen molar-refractivity contribution in [2.24, 2.45) is 0 Å². The highest BCUT2D eigenvalue weighted by molar-refractivity contribution is 5.91. The third-order valence-corrected chi connectivity index (χ3v) is 13.9. The zero-order valence-corrected chi connectivity index (χ0v) is 33.6. The van der Waals surface area contributed by atoms with Gasteiger partial charge in [0, 0.05) is 40.6 Å². The lowest BCUT2D eigenvalue weighted by atomic mass is 9.66. The predicted octanol–water partition coefficient (Wildman–Crippen LogP) is 12.7. The number of anilines is 3. The van der Waals surface area contributed by atoms with Gasteiger partial charge in [-0.1, -0.05) is 99.2 Å². The first kappa shape index (κ1) is 37.7. The number of aromatic carboxylic acids is 2. The molecule has 2 spiro atoms. The van der Waals surface area contributed by atoms with E-state index in [0.717, 1.165) is 86.8 Å². The van der Waals surface area contributed by atoms with Crippen LogP contribution in [0.15, 0.2) is 149 Å². The van der Waals surface area contributed by atoms with Gasteiger partial charge in [0.05, 0.1) is 16.8 Å². The monoisotopic (exact) mass is 768 g/mol. The molecule has 58 heavy (non-hydrogen) atoms. The largest absolute Gasteiger partial charge is 0.478 e. The summed E-state index contributed by atoms with van der Waals surface area (Å²) in [7, 11) is 2.14. The normalized spacial score (nSPS) is 20.8. The van der Waals surface area contributed by atoms with Crippen LogP contribution < -0.4 is 9.80 Å².